The molecule has 1 aromatic heterocycles. The third kappa shape index (κ3) is 4.17. The molecule has 1 fully saturated rings. The molecule has 1 aromatic rings. The number of nitrogens with one attached hydrogen (secondary N) is 1. The zero-order chi connectivity index (χ0) is 15.2. The van der Waals surface area contributed by atoms with Crippen molar-refractivity contribution in [2.24, 2.45) is 0 Å². The van der Waals surface area contributed by atoms with Crippen molar-refractivity contribution in [3.8, 4) is 0 Å². The summed E-state index contributed by atoms with van der Waals surface area (Å²) in [6.07, 6.45) is 2.48. The third-order valence-corrected chi connectivity index (χ3v) is 4.66. The van der Waals surface area contributed by atoms with Crippen molar-refractivity contribution in [2.45, 2.75) is 46.2 Å². The van der Waals surface area contributed by atoms with E-state index in [-0.39, 0.29) is 0 Å². The van der Waals surface area contributed by atoms with Gasteiger partial charge in [0.2, 0.25) is 0 Å². The Kier molecular flexibility index (Phi) is 6.00. The van der Waals surface area contributed by atoms with E-state index in [1.807, 2.05) is 0 Å². The number of piperidine rings is 1. The third-order valence-electron chi connectivity index (χ3n) is 4.66. The van der Waals surface area contributed by atoms with Gasteiger partial charge in [0, 0.05) is 38.4 Å². The van der Waals surface area contributed by atoms with Gasteiger partial charge in [-0.25, -0.2) is 4.98 Å². The average Bonchev–Trinajstić information content (AvgIpc) is 2.53. The summed E-state index contributed by atoms with van der Waals surface area (Å²) in [5.41, 5.74) is 2.45. The highest BCUT2D eigenvalue weighted by Crippen LogP contribution is 2.21. The Balaban J connectivity index is 1.99. The summed E-state index contributed by atoms with van der Waals surface area (Å²) < 4.78 is 0. The molecule has 118 valence electrons. The standard InChI is InChI=1S/C17H30N4/c1-5-18-13-15-7-8-17(19-14(15)3)20(4)16-9-11-21(6-2)12-10-16/h7-8,16,18H,5-6,9-13H2,1-4H3. The summed E-state index contributed by atoms with van der Waals surface area (Å²) in [6.45, 7) is 12.0. The van der Waals surface area contributed by atoms with Crippen molar-refractivity contribution in [1.29, 1.82) is 0 Å². The Bertz CT molecular complexity index is 438. The first-order valence-corrected chi connectivity index (χ1v) is 8.28. The van der Waals surface area contributed by atoms with Crippen LogP contribution in [-0.2, 0) is 6.54 Å². The highest BCUT2D eigenvalue weighted by Gasteiger charge is 2.22. The number of nitrogens with zero attached hydrogens (tertiary/aromatic N) is 3. The van der Waals surface area contributed by atoms with E-state index in [0.717, 1.165) is 24.6 Å². The number of anilines is 1. The lowest BCUT2D eigenvalue weighted by Gasteiger charge is -2.37. The maximum absolute atomic E-state index is 4.81. The normalized spacial score (nSPS) is 17.1. The van der Waals surface area contributed by atoms with Crippen molar-refractivity contribution in [3.05, 3.63) is 23.4 Å². The number of hydrogen-bond acceptors (Lipinski definition) is 4. The molecular formula is C17H30N4. The lowest BCUT2D eigenvalue weighted by atomic mass is 10.0. The monoisotopic (exact) mass is 290 g/mol. The SMILES string of the molecule is CCNCc1ccc(N(C)C2CCN(CC)CC2)nc1C. The fraction of sp³-hybridized carbons (Fsp3) is 0.706. The van der Waals surface area contributed by atoms with E-state index < -0.39 is 0 Å². The predicted molar refractivity (Wildman–Crippen MR) is 89.9 cm³/mol. The Hall–Kier alpha value is -1.13. The van der Waals surface area contributed by atoms with E-state index in [1.54, 1.807) is 0 Å². The maximum Gasteiger partial charge on any atom is 0.128 e. The van der Waals surface area contributed by atoms with E-state index in [9.17, 15) is 0 Å². The first-order valence-electron chi connectivity index (χ1n) is 8.28. The van der Waals surface area contributed by atoms with Crippen LogP contribution in [0.15, 0.2) is 12.1 Å². The first kappa shape index (κ1) is 16.2. The molecule has 1 saturated heterocycles. The minimum atomic E-state index is 0.624. The number of aryl methyl sites for hydroxylation is 1. The predicted octanol–water partition coefficient (Wildman–Crippen LogP) is 2.42. The number of aromatic nitrogens is 1. The van der Waals surface area contributed by atoms with Crippen LogP contribution in [0.5, 0.6) is 0 Å². The van der Waals surface area contributed by atoms with Crippen molar-refractivity contribution >= 4 is 5.82 Å². The summed E-state index contributed by atoms with van der Waals surface area (Å²) in [5.74, 6) is 1.11. The second-order valence-corrected chi connectivity index (χ2v) is 5.97. The van der Waals surface area contributed by atoms with Crippen molar-refractivity contribution in [3.63, 3.8) is 0 Å². The molecule has 1 aliphatic rings. The highest BCUT2D eigenvalue weighted by molar-refractivity contribution is 5.42. The Morgan fingerprint density at radius 2 is 2.00 bits per heavy atom. The number of pyridine rings is 1. The van der Waals surface area contributed by atoms with Gasteiger partial charge < -0.3 is 15.1 Å². The van der Waals surface area contributed by atoms with Crippen LogP contribution in [0, 0.1) is 6.92 Å². The van der Waals surface area contributed by atoms with Crippen molar-refractivity contribution in [1.82, 2.24) is 15.2 Å². The summed E-state index contributed by atoms with van der Waals surface area (Å²) in [6, 6.07) is 5.02. The number of hydrogen-bond donors (Lipinski definition) is 1. The molecule has 0 bridgehead atoms. The van der Waals surface area contributed by atoms with Crippen LogP contribution in [0.25, 0.3) is 0 Å². The van der Waals surface area contributed by atoms with Crippen LogP contribution in [0.1, 0.15) is 37.9 Å². The van der Waals surface area contributed by atoms with Crippen molar-refractivity contribution < 1.29 is 0 Å². The Morgan fingerprint density at radius 1 is 1.29 bits per heavy atom. The zero-order valence-corrected chi connectivity index (χ0v) is 14.0. The van der Waals surface area contributed by atoms with Gasteiger partial charge in [0.25, 0.3) is 0 Å². The van der Waals surface area contributed by atoms with E-state index in [2.05, 4.69) is 55.1 Å². The average molecular weight is 290 g/mol. The van der Waals surface area contributed by atoms with Gasteiger partial charge in [-0.2, -0.15) is 0 Å². The molecule has 4 heteroatoms. The molecule has 2 rings (SSSR count). The molecule has 1 N–H and O–H groups in total. The molecule has 4 nitrogen and oxygen atoms in total. The molecule has 0 amide bonds. The van der Waals surface area contributed by atoms with Gasteiger partial charge in [0.15, 0.2) is 0 Å². The van der Waals surface area contributed by atoms with E-state index in [4.69, 9.17) is 4.98 Å². The van der Waals surface area contributed by atoms with Crippen LogP contribution < -0.4 is 10.2 Å². The molecule has 0 atom stereocenters. The molecule has 0 aromatic carbocycles. The second kappa shape index (κ2) is 7.76. The molecule has 0 saturated carbocycles. The summed E-state index contributed by atoms with van der Waals surface area (Å²) in [5, 5.41) is 3.37. The lowest BCUT2D eigenvalue weighted by molar-refractivity contribution is 0.220. The molecular weight excluding hydrogens is 260 g/mol. The maximum atomic E-state index is 4.81. The van der Waals surface area contributed by atoms with Crippen LogP contribution in [0.4, 0.5) is 5.82 Å². The molecule has 2 heterocycles. The Labute approximate surface area is 129 Å². The smallest absolute Gasteiger partial charge is 0.128 e. The van der Waals surface area contributed by atoms with Crippen LogP contribution in [0.2, 0.25) is 0 Å². The van der Waals surface area contributed by atoms with Crippen LogP contribution in [0.3, 0.4) is 0 Å². The van der Waals surface area contributed by atoms with Gasteiger partial charge in [0.05, 0.1) is 0 Å². The molecule has 0 spiro atoms. The molecule has 0 aliphatic carbocycles. The van der Waals surface area contributed by atoms with Gasteiger partial charge in [-0.3, -0.25) is 0 Å². The molecule has 0 radical (unpaired) electrons. The van der Waals surface area contributed by atoms with E-state index >= 15 is 0 Å². The van der Waals surface area contributed by atoms with Crippen LogP contribution in [-0.4, -0.2) is 49.2 Å². The summed E-state index contributed by atoms with van der Waals surface area (Å²) >= 11 is 0. The summed E-state index contributed by atoms with van der Waals surface area (Å²) in [7, 11) is 2.19. The van der Waals surface area contributed by atoms with Gasteiger partial charge in [-0.1, -0.05) is 19.9 Å². The quantitative estimate of drug-likeness (QED) is 0.872. The van der Waals surface area contributed by atoms with Crippen molar-refractivity contribution in [2.75, 3.05) is 38.1 Å². The molecule has 1 aliphatic heterocycles. The second-order valence-electron chi connectivity index (χ2n) is 5.97. The van der Waals surface area contributed by atoms with Crippen LogP contribution >= 0.6 is 0 Å². The fourth-order valence-electron chi connectivity index (χ4n) is 3.03. The van der Waals surface area contributed by atoms with Gasteiger partial charge in [-0.15, -0.1) is 0 Å². The first-order chi connectivity index (χ1) is 10.2. The molecule has 0 unspecified atom stereocenters. The number of likely N-dealkylation sites (tertiary alicyclic amines) is 1. The lowest BCUT2D eigenvalue weighted by Crippen LogP contribution is -2.43. The fourth-order valence-corrected chi connectivity index (χ4v) is 3.03. The summed E-state index contributed by atoms with van der Waals surface area (Å²) in [4.78, 5) is 9.72. The molecule has 21 heavy (non-hydrogen) atoms. The highest BCUT2D eigenvalue weighted by atomic mass is 15.2. The topological polar surface area (TPSA) is 31.4 Å². The number of rotatable bonds is 6. The largest absolute Gasteiger partial charge is 0.357 e. The van der Waals surface area contributed by atoms with Gasteiger partial charge in [-0.05, 0) is 44.5 Å². The Morgan fingerprint density at radius 3 is 2.57 bits per heavy atom. The van der Waals surface area contributed by atoms with E-state index in [1.165, 1.54) is 38.0 Å². The van der Waals surface area contributed by atoms with E-state index in [0.29, 0.717) is 6.04 Å². The van der Waals surface area contributed by atoms with Gasteiger partial charge in [0.1, 0.15) is 5.82 Å². The minimum Gasteiger partial charge on any atom is -0.357 e. The minimum absolute atomic E-state index is 0.624. The zero-order valence-electron chi connectivity index (χ0n) is 14.0. The van der Waals surface area contributed by atoms with Gasteiger partial charge >= 0.3 is 0 Å².